The summed E-state index contributed by atoms with van der Waals surface area (Å²) in [7, 11) is 0. The van der Waals surface area contributed by atoms with Crippen LogP contribution in [0, 0.1) is 22.7 Å². The van der Waals surface area contributed by atoms with Gasteiger partial charge in [0.1, 0.15) is 34.7 Å². The van der Waals surface area contributed by atoms with Crippen LogP contribution < -0.4 is 11.1 Å². The van der Waals surface area contributed by atoms with Gasteiger partial charge in [-0.1, -0.05) is 0 Å². The van der Waals surface area contributed by atoms with Crippen LogP contribution in [-0.4, -0.2) is 33.6 Å². The molecule has 0 aliphatic heterocycles. The van der Waals surface area contributed by atoms with Crippen LogP contribution in [0.5, 0.6) is 0 Å². The number of pyridine rings is 2. The number of nitrogens with zero attached hydrogens (tertiary/aromatic N) is 2. The van der Waals surface area contributed by atoms with Crippen molar-refractivity contribution in [1.82, 2.24) is 9.97 Å². The first-order valence-electron chi connectivity index (χ1n) is 8.48. The van der Waals surface area contributed by atoms with Crippen LogP contribution in [0.2, 0.25) is 0 Å². The maximum absolute atomic E-state index is 12.6. The van der Waals surface area contributed by atoms with Crippen molar-refractivity contribution in [3.63, 3.8) is 0 Å². The Bertz CT molecular complexity index is 1310. The van der Waals surface area contributed by atoms with Gasteiger partial charge in [0.15, 0.2) is 0 Å². The first-order chi connectivity index (χ1) is 15.6. The Hall–Kier alpha value is -4.60. The number of carbonyl (C=O) groups excluding carboxylic acids is 1. The Morgan fingerprint density at radius 2 is 1.29 bits per heavy atom. The standard InChI is InChI=1S/C10H7F3N2O3.C8H3F3N2O3/c1-2-18-9(17)6-3-5(4-14)8(16)15-7(6)10(11,12)13;9-8(10,11)5-4(7(15)16)1-3(2-12)6(14)13-5/h3H,2H2,1H3,(H,15,16);1H,(H,13,14)(H,15,16). The van der Waals surface area contributed by atoms with Gasteiger partial charge >= 0.3 is 24.3 Å². The fourth-order valence-corrected chi connectivity index (χ4v) is 2.21. The number of aromatic carboxylic acids is 1. The third-order valence-corrected chi connectivity index (χ3v) is 3.62. The van der Waals surface area contributed by atoms with Crippen LogP contribution in [0.25, 0.3) is 0 Å². The zero-order chi connectivity index (χ0) is 26.4. The second kappa shape index (κ2) is 10.3. The number of hydrogen-bond acceptors (Lipinski definition) is 7. The SMILES string of the molecule is CCOC(=O)c1cc(C#N)c(=O)[nH]c1C(F)(F)F.N#Cc1cc(C(=O)O)c(C(F)(F)F)[nH]c1=O. The largest absolute Gasteiger partial charge is 0.478 e. The second-order valence-corrected chi connectivity index (χ2v) is 5.85. The van der Waals surface area contributed by atoms with Crippen LogP contribution in [0.1, 0.15) is 50.2 Å². The molecule has 2 aromatic rings. The lowest BCUT2D eigenvalue weighted by Gasteiger charge is -2.11. The molecule has 0 aromatic carbocycles. The van der Waals surface area contributed by atoms with Gasteiger partial charge in [0.2, 0.25) is 0 Å². The molecule has 0 aliphatic rings. The number of nitriles is 2. The number of alkyl halides is 6. The smallest absolute Gasteiger partial charge is 0.432 e. The van der Waals surface area contributed by atoms with Crippen molar-refractivity contribution in [2.45, 2.75) is 19.3 Å². The Balaban J connectivity index is 0.000000342. The van der Waals surface area contributed by atoms with E-state index in [-0.39, 0.29) is 6.61 Å². The summed E-state index contributed by atoms with van der Waals surface area (Å²) in [6, 6.07) is 3.65. The van der Waals surface area contributed by atoms with E-state index in [0.717, 1.165) is 0 Å². The van der Waals surface area contributed by atoms with E-state index >= 15 is 0 Å². The van der Waals surface area contributed by atoms with Crippen molar-refractivity contribution in [3.8, 4) is 12.1 Å². The summed E-state index contributed by atoms with van der Waals surface area (Å²) in [6.07, 6.45) is -9.92. The van der Waals surface area contributed by atoms with Crippen LogP contribution >= 0.6 is 0 Å². The van der Waals surface area contributed by atoms with Crippen molar-refractivity contribution in [2.24, 2.45) is 0 Å². The summed E-state index contributed by atoms with van der Waals surface area (Å²) in [4.78, 5) is 46.7. The van der Waals surface area contributed by atoms with Gasteiger partial charge in [-0.2, -0.15) is 36.9 Å². The molecule has 0 radical (unpaired) electrons. The molecule has 10 nitrogen and oxygen atoms in total. The zero-order valence-electron chi connectivity index (χ0n) is 16.5. The van der Waals surface area contributed by atoms with Crippen molar-refractivity contribution in [1.29, 1.82) is 10.5 Å². The summed E-state index contributed by atoms with van der Waals surface area (Å²) in [5.74, 6) is -3.13. The number of aromatic nitrogens is 2. The number of esters is 1. The fourth-order valence-electron chi connectivity index (χ4n) is 2.21. The number of halogens is 6. The molecule has 0 aliphatic carbocycles. The van der Waals surface area contributed by atoms with Gasteiger partial charge in [-0.3, -0.25) is 9.59 Å². The van der Waals surface area contributed by atoms with E-state index in [0.29, 0.717) is 12.1 Å². The average Bonchev–Trinajstić information content (AvgIpc) is 2.72. The molecular weight excluding hydrogens is 482 g/mol. The average molecular weight is 492 g/mol. The minimum Gasteiger partial charge on any atom is -0.478 e. The molecule has 16 heteroatoms. The molecule has 0 saturated carbocycles. The van der Waals surface area contributed by atoms with E-state index < -0.39 is 69.1 Å². The second-order valence-electron chi connectivity index (χ2n) is 5.85. The van der Waals surface area contributed by atoms with Crippen molar-refractivity contribution >= 4 is 11.9 Å². The number of carbonyl (C=O) groups is 2. The number of carboxylic acid groups (broad SMARTS) is 1. The molecule has 0 unspecified atom stereocenters. The van der Waals surface area contributed by atoms with Gasteiger partial charge in [-0.05, 0) is 19.1 Å². The van der Waals surface area contributed by atoms with E-state index in [4.69, 9.17) is 15.6 Å². The van der Waals surface area contributed by atoms with Crippen LogP contribution in [-0.2, 0) is 17.1 Å². The molecule has 0 bridgehead atoms. The highest BCUT2D eigenvalue weighted by molar-refractivity contribution is 5.91. The predicted octanol–water partition coefficient (Wildman–Crippen LogP) is 2.41. The molecule has 2 aromatic heterocycles. The summed E-state index contributed by atoms with van der Waals surface area (Å²) < 4.78 is 79.2. The highest BCUT2D eigenvalue weighted by atomic mass is 19.4. The van der Waals surface area contributed by atoms with E-state index in [1.807, 2.05) is 0 Å². The molecule has 0 amide bonds. The third-order valence-electron chi connectivity index (χ3n) is 3.62. The number of carboxylic acids is 1. The predicted molar refractivity (Wildman–Crippen MR) is 96.5 cm³/mol. The summed E-state index contributed by atoms with van der Waals surface area (Å²) in [6.45, 7) is 1.29. The van der Waals surface area contributed by atoms with Gasteiger partial charge in [0.25, 0.3) is 11.1 Å². The number of ether oxygens (including phenoxy) is 1. The van der Waals surface area contributed by atoms with E-state index in [1.54, 1.807) is 0 Å². The summed E-state index contributed by atoms with van der Waals surface area (Å²) >= 11 is 0. The topological polar surface area (TPSA) is 177 Å². The number of aromatic amines is 2. The molecule has 180 valence electrons. The van der Waals surface area contributed by atoms with E-state index in [1.165, 1.54) is 29.0 Å². The molecule has 2 heterocycles. The molecular formula is C18H10F6N4O6. The normalized spacial score (nSPS) is 10.9. The molecule has 3 N–H and O–H groups in total. The Kier molecular flexibility index (Phi) is 8.35. The lowest BCUT2D eigenvalue weighted by atomic mass is 10.1. The fraction of sp³-hybridized carbons (Fsp3) is 0.222. The third kappa shape index (κ3) is 6.45. The number of rotatable bonds is 3. The molecule has 34 heavy (non-hydrogen) atoms. The molecule has 0 spiro atoms. The lowest BCUT2D eigenvalue weighted by molar-refractivity contribution is -0.142. The highest BCUT2D eigenvalue weighted by Gasteiger charge is 2.38. The van der Waals surface area contributed by atoms with E-state index in [9.17, 15) is 45.5 Å². The Morgan fingerprint density at radius 1 is 0.912 bits per heavy atom. The van der Waals surface area contributed by atoms with Crippen molar-refractivity contribution in [2.75, 3.05) is 6.61 Å². The zero-order valence-corrected chi connectivity index (χ0v) is 16.5. The Morgan fingerprint density at radius 3 is 1.62 bits per heavy atom. The molecule has 0 fully saturated rings. The monoisotopic (exact) mass is 492 g/mol. The molecule has 0 saturated heterocycles. The number of hydrogen-bond donors (Lipinski definition) is 3. The van der Waals surface area contributed by atoms with Crippen molar-refractivity contribution in [3.05, 3.63) is 66.5 Å². The minimum atomic E-state index is -5.00. The minimum absolute atomic E-state index is 0.128. The van der Waals surface area contributed by atoms with Crippen LogP contribution in [0.4, 0.5) is 26.3 Å². The summed E-state index contributed by atoms with van der Waals surface area (Å²) in [5.41, 5.74) is -9.02. The molecule has 0 atom stereocenters. The Labute approximate surface area is 183 Å². The summed E-state index contributed by atoms with van der Waals surface area (Å²) in [5, 5.41) is 25.4. The molecule has 2 rings (SSSR count). The van der Waals surface area contributed by atoms with Crippen molar-refractivity contribution < 1.29 is 45.8 Å². The van der Waals surface area contributed by atoms with Gasteiger partial charge in [0.05, 0.1) is 17.7 Å². The lowest BCUT2D eigenvalue weighted by Crippen LogP contribution is -2.24. The van der Waals surface area contributed by atoms with Gasteiger partial charge in [-0.15, -0.1) is 0 Å². The number of H-pyrrole nitrogens is 2. The first kappa shape index (κ1) is 27.4. The first-order valence-corrected chi connectivity index (χ1v) is 8.48. The van der Waals surface area contributed by atoms with Gasteiger partial charge in [0, 0.05) is 0 Å². The maximum Gasteiger partial charge on any atom is 0.432 e. The maximum atomic E-state index is 12.6. The highest BCUT2D eigenvalue weighted by Crippen LogP contribution is 2.30. The van der Waals surface area contributed by atoms with Crippen LogP contribution in [0.15, 0.2) is 21.7 Å². The van der Waals surface area contributed by atoms with Gasteiger partial charge < -0.3 is 19.8 Å². The quantitative estimate of drug-likeness (QED) is 0.432. The van der Waals surface area contributed by atoms with E-state index in [2.05, 4.69) is 4.74 Å². The van der Waals surface area contributed by atoms with Gasteiger partial charge in [-0.25, -0.2) is 9.59 Å². The van der Waals surface area contributed by atoms with Crippen LogP contribution in [0.3, 0.4) is 0 Å². The number of nitrogens with one attached hydrogen (secondary N) is 2.